The van der Waals surface area contributed by atoms with Crippen molar-refractivity contribution in [1.29, 1.82) is 0 Å². The number of nitrogens with one attached hydrogen (secondary N) is 1. The van der Waals surface area contributed by atoms with Gasteiger partial charge in [0, 0.05) is 57.7 Å². The van der Waals surface area contributed by atoms with Crippen molar-refractivity contribution < 1.29 is 4.39 Å². The molecular formula is C18H26FN5. The van der Waals surface area contributed by atoms with Crippen molar-refractivity contribution >= 4 is 5.69 Å². The van der Waals surface area contributed by atoms with E-state index in [4.69, 9.17) is 0 Å². The van der Waals surface area contributed by atoms with Crippen LogP contribution in [0.25, 0.3) is 0 Å². The molecule has 0 amide bonds. The van der Waals surface area contributed by atoms with Crippen LogP contribution in [0.5, 0.6) is 0 Å². The Kier molecular flexibility index (Phi) is 5.16. The third kappa shape index (κ3) is 3.76. The minimum absolute atomic E-state index is 0.0604. The number of imidazole rings is 1. The maximum atomic E-state index is 13.8. The zero-order chi connectivity index (χ0) is 17.1. The minimum atomic E-state index is -0.183. The van der Waals surface area contributed by atoms with E-state index in [9.17, 15) is 4.39 Å². The number of aromatic nitrogens is 2. The lowest BCUT2D eigenvalue weighted by molar-refractivity contribution is 0.312. The summed E-state index contributed by atoms with van der Waals surface area (Å²) in [7, 11) is 4.12. The van der Waals surface area contributed by atoms with Crippen molar-refractivity contribution in [3.05, 3.63) is 47.8 Å². The number of nitrogens with zero attached hydrogens (tertiary/aromatic N) is 4. The predicted octanol–water partition coefficient (Wildman–Crippen LogP) is 2.16. The maximum absolute atomic E-state index is 13.8. The zero-order valence-corrected chi connectivity index (χ0v) is 14.7. The number of likely N-dealkylation sites (N-methyl/N-ethyl adjacent to an activating group) is 1. The smallest absolute Gasteiger partial charge is 0.123 e. The average Bonchev–Trinajstić information content (AvgIpc) is 2.98. The van der Waals surface area contributed by atoms with Gasteiger partial charge >= 0.3 is 0 Å². The molecule has 0 saturated carbocycles. The molecule has 1 saturated heterocycles. The molecule has 1 aliphatic rings. The molecule has 0 radical (unpaired) electrons. The first-order chi connectivity index (χ1) is 11.5. The number of rotatable bonds is 5. The van der Waals surface area contributed by atoms with Crippen LogP contribution in [0.2, 0.25) is 0 Å². The number of benzene rings is 1. The van der Waals surface area contributed by atoms with Gasteiger partial charge in [-0.15, -0.1) is 0 Å². The summed E-state index contributed by atoms with van der Waals surface area (Å²) >= 11 is 0. The first-order valence-corrected chi connectivity index (χ1v) is 8.46. The molecule has 2 aromatic rings. The van der Waals surface area contributed by atoms with Gasteiger partial charge in [0.1, 0.15) is 5.82 Å². The van der Waals surface area contributed by atoms with E-state index in [-0.39, 0.29) is 11.9 Å². The summed E-state index contributed by atoms with van der Waals surface area (Å²) in [6, 6.07) is 5.20. The molecule has 0 aliphatic carbocycles. The fraction of sp³-hybridized carbons (Fsp3) is 0.500. The van der Waals surface area contributed by atoms with Crippen molar-refractivity contribution in [1.82, 2.24) is 19.8 Å². The Morgan fingerprint density at radius 1 is 1.21 bits per heavy atom. The molecule has 1 aliphatic heterocycles. The highest BCUT2D eigenvalue weighted by Crippen LogP contribution is 2.28. The fourth-order valence-electron chi connectivity index (χ4n) is 3.13. The van der Waals surface area contributed by atoms with Gasteiger partial charge in [0.2, 0.25) is 0 Å². The van der Waals surface area contributed by atoms with Crippen LogP contribution >= 0.6 is 0 Å². The van der Waals surface area contributed by atoms with E-state index in [0.717, 1.165) is 43.1 Å². The number of hydrogen-bond donors (Lipinski definition) is 1. The van der Waals surface area contributed by atoms with Crippen LogP contribution in [0.1, 0.15) is 24.2 Å². The van der Waals surface area contributed by atoms with Crippen LogP contribution in [-0.2, 0) is 13.6 Å². The zero-order valence-electron chi connectivity index (χ0n) is 14.7. The molecule has 6 heteroatoms. The van der Waals surface area contributed by atoms with Crippen molar-refractivity contribution in [3.63, 3.8) is 0 Å². The topological polar surface area (TPSA) is 36.3 Å². The Hall–Kier alpha value is -1.92. The van der Waals surface area contributed by atoms with Crippen LogP contribution in [0.3, 0.4) is 0 Å². The van der Waals surface area contributed by atoms with Crippen molar-refractivity contribution in [2.45, 2.75) is 19.5 Å². The summed E-state index contributed by atoms with van der Waals surface area (Å²) in [5.74, 6) is -0.183. The van der Waals surface area contributed by atoms with Gasteiger partial charge in [0.15, 0.2) is 0 Å². The summed E-state index contributed by atoms with van der Waals surface area (Å²) < 4.78 is 15.8. The average molecular weight is 331 g/mol. The van der Waals surface area contributed by atoms with E-state index in [0.29, 0.717) is 6.54 Å². The number of hydrogen-bond acceptors (Lipinski definition) is 4. The Balaban J connectivity index is 1.75. The lowest BCUT2D eigenvalue weighted by Crippen LogP contribution is -2.45. The first kappa shape index (κ1) is 16.9. The maximum Gasteiger partial charge on any atom is 0.123 e. The summed E-state index contributed by atoms with van der Waals surface area (Å²) in [6.45, 7) is 6.82. The summed E-state index contributed by atoms with van der Waals surface area (Å²) in [6.07, 6.45) is 3.65. The van der Waals surface area contributed by atoms with Crippen LogP contribution in [0, 0.1) is 5.82 Å². The third-order valence-corrected chi connectivity index (χ3v) is 4.81. The fourth-order valence-corrected chi connectivity index (χ4v) is 3.13. The second-order valence-corrected chi connectivity index (χ2v) is 6.59. The SMILES string of the molecule is C[C@H](NCc1cncn1C)c1cc(F)ccc1N1CCN(C)CC1. The van der Waals surface area contributed by atoms with E-state index in [2.05, 4.69) is 34.1 Å². The van der Waals surface area contributed by atoms with Gasteiger partial charge in [-0.1, -0.05) is 0 Å². The molecule has 1 aromatic carbocycles. The molecule has 1 N–H and O–H groups in total. The number of anilines is 1. The highest BCUT2D eigenvalue weighted by Gasteiger charge is 2.20. The van der Waals surface area contributed by atoms with Crippen molar-refractivity contribution in [3.8, 4) is 0 Å². The number of halogens is 1. The molecule has 130 valence electrons. The van der Waals surface area contributed by atoms with Gasteiger partial charge in [0.25, 0.3) is 0 Å². The Bertz CT molecular complexity index is 676. The molecule has 24 heavy (non-hydrogen) atoms. The monoisotopic (exact) mass is 331 g/mol. The molecule has 5 nitrogen and oxygen atoms in total. The summed E-state index contributed by atoms with van der Waals surface area (Å²) in [5.41, 5.74) is 3.26. The highest BCUT2D eigenvalue weighted by atomic mass is 19.1. The van der Waals surface area contributed by atoms with E-state index >= 15 is 0 Å². The van der Waals surface area contributed by atoms with E-state index in [1.54, 1.807) is 18.5 Å². The molecular weight excluding hydrogens is 305 g/mol. The Morgan fingerprint density at radius 2 is 1.96 bits per heavy atom. The molecule has 1 aromatic heterocycles. The molecule has 3 rings (SSSR count). The molecule has 1 fully saturated rings. The molecule has 0 spiro atoms. The third-order valence-electron chi connectivity index (χ3n) is 4.81. The first-order valence-electron chi connectivity index (χ1n) is 8.46. The Labute approximate surface area is 143 Å². The van der Waals surface area contributed by atoms with Crippen LogP contribution in [0.15, 0.2) is 30.7 Å². The summed E-state index contributed by atoms with van der Waals surface area (Å²) in [5, 5.41) is 3.49. The number of piperazine rings is 1. The van der Waals surface area contributed by atoms with Gasteiger partial charge in [-0.05, 0) is 37.7 Å². The van der Waals surface area contributed by atoms with Gasteiger partial charge in [0.05, 0.1) is 12.0 Å². The van der Waals surface area contributed by atoms with Crippen LogP contribution in [0.4, 0.5) is 10.1 Å². The van der Waals surface area contributed by atoms with Gasteiger partial charge in [-0.3, -0.25) is 0 Å². The lowest BCUT2D eigenvalue weighted by Gasteiger charge is -2.36. The van der Waals surface area contributed by atoms with Gasteiger partial charge in [-0.25, -0.2) is 9.37 Å². The van der Waals surface area contributed by atoms with Crippen LogP contribution < -0.4 is 10.2 Å². The normalized spacial score (nSPS) is 17.2. The standard InChI is InChI=1S/C18H26FN5/c1-14(21-12-16-11-20-13-23(16)3)17-10-15(19)4-5-18(17)24-8-6-22(2)7-9-24/h4-5,10-11,13-14,21H,6-9,12H2,1-3H3/t14-/m0/s1. The highest BCUT2D eigenvalue weighted by molar-refractivity contribution is 5.55. The van der Waals surface area contributed by atoms with E-state index in [1.165, 1.54) is 0 Å². The van der Waals surface area contributed by atoms with E-state index in [1.807, 2.05) is 23.9 Å². The Morgan fingerprint density at radius 3 is 2.62 bits per heavy atom. The van der Waals surface area contributed by atoms with Gasteiger partial charge < -0.3 is 19.7 Å². The van der Waals surface area contributed by atoms with Crippen molar-refractivity contribution in [2.75, 3.05) is 38.1 Å². The van der Waals surface area contributed by atoms with Crippen molar-refractivity contribution in [2.24, 2.45) is 7.05 Å². The minimum Gasteiger partial charge on any atom is -0.369 e. The largest absolute Gasteiger partial charge is 0.369 e. The predicted molar refractivity (Wildman–Crippen MR) is 94.6 cm³/mol. The molecule has 1 atom stereocenters. The number of aryl methyl sites for hydroxylation is 1. The summed E-state index contributed by atoms with van der Waals surface area (Å²) in [4.78, 5) is 8.82. The quantitative estimate of drug-likeness (QED) is 0.911. The molecule has 2 heterocycles. The lowest BCUT2D eigenvalue weighted by atomic mass is 10.0. The molecule has 0 bridgehead atoms. The van der Waals surface area contributed by atoms with E-state index < -0.39 is 0 Å². The molecule has 0 unspecified atom stereocenters. The second kappa shape index (κ2) is 7.32. The van der Waals surface area contributed by atoms with Gasteiger partial charge in [-0.2, -0.15) is 0 Å². The van der Waals surface area contributed by atoms with Crippen LogP contribution in [-0.4, -0.2) is 47.7 Å². The second-order valence-electron chi connectivity index (χ2n) is 6.59.